The Labute approximate surface area is 122 Å². The number of rotatable bonds is 5. The minimum Gasteiger partial charge on any atom is -0.453 e. The molecule has 0 unspecified atom stereocenters. The first-order chi connectivity index (χ1) is 9.00. The fraction of sp³-hybridized carbons (Fsp3) is 0.867. The lowest BCUT2D eigenvalue weighted by Crippen LogP contribution is -2.55. The molecule has 0 saturated heterocycles. The number of methoxy groups -OCH3 is 1. The summed E-state index contributed by atoms with van der Waals surface area (Å²) in [5.74, 6) is 0.130. The van der Waals surface area contributed by atoms with Crippen molar-refractivity contribution in [2.75, 3.05) is 7.11 Å². The van der Waals surface area contributed by atoms with Crippen molar-refractivity contribution in [1.82, 2.24) is 10.6 Å². The molecule has 20 heavy (non-hydrogen) atoms. The molecule has 118 valence electrons. The van der Waals surface area contributed by atoms with Crippen molar-refractivity contribution in [1.29, 1.82) is 0 Å². The zero-order chi connectivity index (χ0) is 16.1. The Morgan fingerprint density at radius 1 is 0.950 bits per heavy atom. The van der Waals surface area contributed by atoms with Gasteiger partial charge in [0.15, 0.2) is 0 Å². The first-order valence-electron chi connectivity index (χ1n) is 7.15. The standard InChI is InChI=1S/C15H30N2O3/c1-9(2)11(16-14(19)20-8)13(18)17-12(10(3)4)15(5,6)7/h9-12H,1-8H3,(H,16,19)(H,17,18)/t11-,12+/m0/s1. The maximum atomic E-state index is 12.4. The van der Waals surface area contributed by atoms with Gasteiger partial charge in [-0.1, -0.05) is 48.5 Å². The molecule has 2 N–H and O–H groups in total. The number of hydrogen-bond acceptors (Lipinski definition) is 3. The Balaban J connectivity index is 4.95. The topological polar surface area (TPSA) is 67.4 Å². The molecule has 0 fully saturated rings. The van der Waals surface area contributed by atoms with Crippen LogP contribution in [0.4, 0.5) is 4.79 Å². The highest BCUT2D eigenvalue weighted by Crippen LogP contribution is 2.25. The molecule has 0 rings (SSSR count). The summed E-state index contributed by atoms with van der Waals surface area (Å²) in [5.41, 5.74) is -0.0450. The first-order valence-corrected chi connectivity index (χ1v) is 7.15. The van der Waals surface area contributed by atoms with Crippen LogP contribution < -0.4 is 10.6 Å². The molecule has 2 atom stereocenters. The van der Waals surface area contributed by atoms with Crippen molar-refractivity contribution in [2.45, 2.75) is 60.5 Å². The van der Waals surface area contributed by atoms with Crippen LogP contribution in [0.1, 0.15) is 48.5 Å². The van der Waals surface area contributed by atoms with Crippen molar-refractivity contribution in [2.24, 2.45) is 17.3 Å². The monoisotopic (exact) mass is 286 g/mol. The van der Waals surface area contributed by atoms with E-state index in [0.29, 0.717) is 5.92 Å². The first kappa shape index (κ1) is 18.7. The van der Waals surface area contributed by atoms with Crippen LogP contribution in [0.2, 0.25) is 0 Å². The number of carbonyl (C=O) groups excluding carboxylic acids is 2. The van der Waals surface area contributed by atoms with Crippen LogP contribution in [0.5, 0.6) is 0 Å². The second kappa shape index (κ2) is 7.50. The number of nitrogens with one attached hydrogen (secondary N) is 2. The van der Waals surface area contributed by atoms with Gasteiger partial charge in [-0.05, 0) is 17.3 Å². The summed E-state index contributed by atoms with van der Waals surface area (Å²) < 4.78 is 4.57. The third-order valence-corrected chi connectivity index (χ3v) is 3.31. The maximum Gasteiger partial charge on any atom is 0.407 e. The predicted octanol–water partition coefficient (Wildman–Crippen LogP) is 2.55. The van der Waals surface area contributed by atoms with E-state index >= 15 is 0 Å². The normalized spacial score (nSPS) is 14.9. The minimum absolute atomic E-state index is 0.0121. The smallest absolute Gasteiger partial charge is 0.407 e. The van der Waals surface area contributed by atoms with Gasteiger partial charge in [0.05, 0.1) is 7.11 Å². The number of amides is 2. The molecule has 0 aliphatic rings. The van der Waals surface area contributed by atoms with E-state index in [9.17, 15) is 9.59 Å². The number of ether oxygens (including phenoxy) is 1. The molecular weight excluding hydrogens is 256 g/mol. The largest absolute Gasteiger partial charge is 0.453 e. The molecule has 5 nitrogen and oxygen atoms in total. The minimum atomic E-state index is -0.592. The van der Waals surface area contributed by atoms with Crippen molar-refractivity contribution in [3.05, 3.63) is 0 Å². The molecule has 0 heterocycles. The molecule has 0 aromatic rings. The quantitative estimate of drug-likeness (QED) is 0.816. The van der Waals surface area contributed by atoms with E-state index in [2.05, 4.69) is 50.0 Å². The van der Waals surface area contributed by atoms with Gasteiger partial charge in [-0.15, -0.1) is 0 Å². The van der Waals surface area contributed by atoms with Gasteiger partial charge >= 0.3 is 6.09 Å². The molecule has 0 aromatic heterocycles. The highest BCUT2D eigenvalue weighted by molar-refractivity contribution is 5.86. The molecule has 0 aliphatic carbocycles. The van der Waals surface area contributed by atoms with E-state index in [4.69, 9.17) is 0 Å². The number of alkyl carbamates (subject to hydrolysis) is 1. The molecule has 0 bridgehead atoms. The molecule has 5 heteroatoms. The van der Waals surface area contributed by atoms with E-state index in [1.54, 1.807) is 0 Å². The number of carbonyl (C=O) groups is 2. The van der Waals surface area contributed by atoms with Gasteiger partial charge < -0.3 is 15.4 Å². The Kier molecular flexibility index (Phi) is 7.03. The lowest BCUT2D eigenvalue weighted by Gasteiger charge is -2.36. The molecule has 2 amide bonds. The zero-order valence-corrected chi connectivity index (χ0v) is 14.0. The van der Waals surface area contributed by atoms with Gasteiger partial charge in [0.2, 0.25) is 5.91 Å². The summed E-state index contributed by atoms with van der Waals surface area (Å²) in [6.45, 7) is 14.2. The van der Waals surface area contributed by atoms with Crippen LogP contribution in [0.25, 0.3) is 0 Å². The van der Waals surface area contributed by atoms with Gasteiger partial charge in [0.25, 0.3) is 0 Å². The average Bonchev–Trinajstić information content (AvgIpc) is 2.29. The van der Waals surface area contributed by atoms with Crippen molar-refractivity contribution >= 4 is 12.0 Å². The van der Waals surface area contributed by atoms with Gasteiger partial charge in [0, 0.05) is 6.04 Å². The summed E-state index contributed by atoms with van der Waals surface area (Å²) in [4.78, 5) is 23.8. The Morgan fingerprint density at radius 2 is 1.45 bits per heavy atom. The maximum absolute atomic E-state index is 12.4. The SMILES string of the molecule is COC(=O)N[C@H](C(=O)N[C@H](C(C)C)C(C)(C)C)C(C)C. The third kappa shape index (κ3) is 5.80. The Morgan fingerprint density at radius 3 is 1.75 bits per heavy atom. The van der Waals surface area contributed by atoms with Crippen LogP contribution >= 0.6 is 0 Å². The van der Waals surface area contributed by atoms with E-state index in [1.165, 1.54) is 7.11 Å². The van der Waals surface area contributed by atoms with Crippen LogP contribution in [-0.4, -0.2) is 31.2 Å². The predicted molar refractivity (Wildman–Crippen MR) is 80.4 cm³/mol. The summed E-state index contributed by atoms with van der Waals surface area (Å²) >= 11 is 0. The van der Waals surface area contributed by atoms with Crippen molar-refractivity contribution < 1.29 is 14.3 Å². The third-order valence-electron chi connectivity index (χ3n) is 3.31. The lowest BCUT2D eigenvalue weighted by molar-refractivity contribution is -0.126. The van der Waals surface area contributed by atoms with Crippen molar-refractivity contribution in [3.8, 4) is 0 Å². The van der Waals surface area contributed by atoms with E-state index < -0.39 is 12.1 Å². The number of hydrogen-bond donors (Lipinski definition) is 2. The second-order valence-electron chi connectivity index (χ2n) is 6.95. The lowest BCUT2D eigenvalue weighted by atomic mass is 9.80. The molecular formula is C15H30N2O3. The Hall–Kier alpha value is -1.26. The summed E-state index contributed by atoms with van der Waals surface area (Å²) in [5, 5.41) is 5.65. The van der Waals surface area contributed by atoms with Crippen LogP contribution in [-0.2, 0) is 9.53 Å². The van der Waals surface area contributed by atoms with Gasteiger partial charge in [-0.25, -0.2) is 4.79 Å². The average molecular weight is 286 g/mol. The van der Waals surface area contributed by atoms with E-state index in [0.717, 1.165) is 0 Å². The van der Waals surface area contributed by atoms with Crippen LogP contribution in [0.15, 0.2) is 0 Å². The molecule has 0 aliphatic heterocycles. The molecule has 0 aromatic carbocycles. The fourth-order valence-electron chi connectivity index (χ4n) is 2.35. The molecule has 0 radical (unpaired) electrons. The van der Waals surface area contributed by atoms with Crippen LogP contribution in [0.3, 0.4) is 0 Å². The van der Waals surface area contributed by atoms with Crippen molar-refractivity contribution in [3.63, 3.8) is 0 Å². The zero-order valence-electron chi connectivity index (χ0n) is 14.0. The summed E-state index contributed by atoms with van der Waals surface area (Å²) in [6.07, 6.45) is -0.587. The Bertz CT molecular complexity index is 333. The van der Waals surface area contributed by atoms with Crippen LogP contribution in [0, 0.1) is 17.3 Å². The molecule has 0 saturated carbocycles. The highest BCUT2D eigenvalue weighted by atomic mass is 16.5. The fourth-order valence-corrected chi connectivity index (χ4v) is 2.35. The van der Waals surface area contributed by atoms with Gasteiger partial charge in [-0.3, -0.25) is 4.79 Å². The van der Waals surface area contributed by atoms with Gasteiger partial charge in [0.1, 0.15) is 6.04 Å². The van der Waals surface area contributed by atoms with E-state index in [1.807, 2.05) is 13.8 Å². The van der Waals surface area contributed by atoms with E-state index in [-0.39, 0.29) is 23.3 Å². The molecule has 0 spiro atoms. The summed E-state index contributed by atoms with van der Waals surface area (Å²) in [7, 11) is 1.29. The van der Waals surface area contributed by atoms with Gasteiger partial charge in [-0.2, -0.15) is 0 Å². The second-order valence-corrected chi connectivity index (χ2v) is 6.95. The summed E-state index contributed by atoms with van der Waals surface area (Å²) in [6, 6.07) is -0.554. The highest BCUT2D eigenvalue weighted by Gasteiger charge is 2.32.